The zero-order chi connectivity index (χ0) is 24.6. The van der Waals surface area contributed by atoms with Crippen LogP contribution in [0.25, 0.3) is 33.0 Å². The summed E-state index contributed by atoms with van der Waals surface area (Å²) in [5.74, 6) is 0. The van der Waals surface area contributed by atoms with E-state index >= 15 is 0 Å². The molecule has 8 rings (SSSR count). The van der Waals surface area contributed by atoms with E-state index in [1.807, 2.05) is 11.8 Å². The van der Waals surface area contributed by atoms with Gasteiger partial charge in [0.05, 0.1) is 5.41 Å². The molecule has 0 fully saturated rings. The highest BCUT2D eigenvalue weighted by Gasteiger charge is 2.50. The fourth-order valence-corrected chi connectivity index (χ4v) is 8.13. The topological polar surface area (TPSA) is 0 Å². The van der Waals surface area contributed by atoms with Crippen molar-refractivity contribution in [3.05, 3.63) is 155 Å². The lowest BCUT2D eigenvalue weighted by Gasteiger charge is -2.40. The van der Waals surface area contributed by atoms with Gasteiger partial charge in [-0.1, -0.05) is 127 Å². The van der Waals surface area contributed by atoms with E-state index in [0.717, 1.165) is 0 Å². The number of fused-ring (bicyclic) bond motifs is 10. The largest absolute Gasteiger partial charge is 0.0887 e. The summed E-state index contributed by atoms with van der Waals surface area (Å²) >= 11 is 1.93. The van der Waals surface area contributed by atoms with Gasteiger partial charge in [0.15, 0.2) is 0 Å². The summed E-state index contributed by atoms with van der Waals surface area (Å²) in [6.45, 7) is 2.26. The molecule has 1 aliphatic heterocycles. The molecule has 0 amide bonds. The van der Waals surface area contributed by atoms with E-state index < -0.39 is 0 Å². The Morgan fingerprint density at radius 2 is 1.14 bits per heavy atom. The molecule has 2 aliphatic rings. The van der Waals surface area contributed by atoms with Gasteiger partial charge in [0.1, 0.15) is 0 Å². The highest BCUT2D eigenvalue weighted by Crippen LogP contribution is 2.63. The van der Waals surface area contributed by atoms with Gasteiger partial charge >= 0.3 is 0 Å². The first kappa shape index (κ1) is 21.1. The van der Waals surface area contributed by atoms with Gasteiger partial charge in [-0.2, -0.15) is 0 Å². The summed E-state index contributed by atoms with van der Waals surface area (Å²) in [6, 6.07) is 47.4. The van der Waals surface area contributed by atoms with Gasteiger partial charge in [-0.3, -0.25) is 0 Å². The molecular formula is C36H24S. The van der Waals surface area contributed by atoms with E-state index in [9.17, 15) is 0 Å². The lowest BCUT2D eigenvalue weighted by molar-refractivity contribution is 0.722. The van der Waals surface area contributed by atoms with Crippen LogP contribution in [0.15, 0.2) is 137 Å². The van der Waals surface area contributed by atoms with Gasteiger partial charge in [-0.05, 0) is 79.9 Å². The van der Waals surface area contributed by atoms with E-state index in [1.165, 1.54) is 70.6 Å². The Kier molecular flexibility index (Phi) is 4.39. The summed E-state index contributed by atoms with van der Waals surface area (Å²) in [4.78, 5) is 2.72. The van der Waals surface area contributed by atoms with E-state index in [0.29, 0.717) is 0 Å². The third kappa shape index (κ3) is 2.75. The highest BCUT2D eigenvalue weighted by molar-refractivity contribution is 7.99. The molecule has 0 nitrogen and oxygen atoms in total. The molecule has 37 heavy (non-hydrogen) atoms. The van der Waals surface area contributed by atoms with Crippen molar-refractivity contribution in [2.75, 3.05) is 0 Å². The molecule has 1 aliphatic carbocycles. The summed E-state index contributed by atoms with van der Waals surface area (Å²) in [7, 11) is 0. The van der Waals surface area contributed by atoms with Crippen LogP contribution in [0, 0.1) is 6.92 Å². The van der Waals surface area contributed by atoms with Crippen molar-refractivity contribution < 1.29 is 0 Å². The lowest BCUT2D eigenvalue weighted by Crippen LogP contribution is -2.32. The fraction of sp³-hybridized carbons (Fsp3) is 0.0556. The molecule has 0 radical (unpaired) electrons. The van der Waals surface area contributed by atoms with E-state index in [1.54, 1.807) is 0 Å². The second kappa shape index (κ2) is 7.71. The highest BCUT2D eigenvalue weighted by atomic mass is 32.2. The van der Waals surface area contributed by atoms with Crippen LogP contribution in [-0.2, 0) is 5.41 Å². The molecule has 174 valence electrons. The van der Waals surface area contributed by atoms with Crippen molar-refractivity contribution in [3.63, 3.8) is 0 Å². The molecule has 0 saturated heterocycles. The molecule has 0 saturated carbocycles. The summed E-state index contributed by atoms with van der Waals surface area (Å²) in [5, 5.41) is 2.56. The maximum atomic E-state index is 2.40. The Labute approximate surface area is 221 Å². The van der Waals surface area contributed by atoms with Gasteiger partial charge in [-0.25, -0.2) is 0 Å². The van der Waals surface area contributed by atoms with Crippen LogP contribution >= 0.6 is 11.8 Å². The maximum Gasteiger partial charge on any atom is 0.0735 e. The molecule has 0 bridgehead atoms. The summed E-state index contributed by atoms with van der Waals surface area (Å²) in [5.41, 5.74) is 11.9. The van der Waals surface area contributed by atoms with Crippen molar-refractivity contribution in [1.82, 2.24) is 0 Å². The van der Waals surface area contributed by atoms with Crippen LogP contribution in [0.4, 0.5) is 0 Å². The molecular weight excluding hydrogens is 464 g/mol. The SMILES string of the molecule is Cc1ccc2c(c1-c1ccc3ccccc3c1)Sc1ccccc1C21c2ccccc2-c2ccccc21. The Balaban J connectivity index is 1.52. The van der Waals surface area contributed by atoms with Gasteiger partial charge in [-0.15, -0.1) is 0 Å². The van der Waals surface area contributed by atoms with Crippen molar-refractivity contribution in [1.29, 1.82) is 0 Å². The lowest BCUT2D eigenvalue weighted by atomic mass is 9.66. The first-order chi connectivity index (χ1) is 18.3. The first-order valence-corrected chi connectivity index (χ1v) is 13.7. The zero-order valence-corrected chi connectivity index (χ0v) is 21.3. The van der Waals surface area contributed by atoms with E-state index in [2.05, 4.69) is 134 Å². The normalized spacial score (nSPS) is 14.2. The predicted molar refractivity (Wildman–Crippen MR) is 156 cm³/mol. The van der Waals surface area contributed by atoms with Crippen LogP contribution in [-0.4, -0.2) is 0 Å². The first-order valence-electron chi connectivity index (χ1n) is 12.9. The number of rotatable bonds is 1. The fourth-order valence-electron chi connectivity index (χ4n) is 6.72. The zero-order valence-electron chi connectivity index (χ0n) is 20.5. The van der Waals surface area contributed by atoms with Crippen molar-refractivity contribution in [2.24, 2.45) is 0 Å². The maximum absolute atomic E-state index is 2.40. The van der Waals surface area contributed by atoms with Crippen LogP contribution in [0.5, 0.6) is 0 Å². The van der Waals surface area contributed by atoms with Crippen LogP contribution < -0.4 is 0 Å². The van der Waals surface area contributed by atoms with Crippen LogP contribution in [0.3, 0.4) is 0 Å². The second-order valence-electron chi connectivity index (χ2n) is 10.1. The Hall–Kier alpha value is -4.07. The van der Waals surface area contributed by atoms with Crippen molar-refractivity contribution in [2.45, 2.75) is 22.1 Å². The quantitative estimate of drug-likeness (QED) is 0.222. The predicted octanol–water partition coefficient (Wildman–Crippen LogP) is 9.64. The van der Waals surface area contributed by atoms with E-state index in [-0.39, 0.29) is 5.41 Å². The molecule has 0 atom stereocenters. The van der Waals surface area contributed by atoms with Crippen LogP contribution in [0.1, 0.15) is 27.8 Å². The van der Waals surface area contributed by atoms with E-state index in [4.69, 9.17) is 0 Å². The Bertz CT molecular complexity index is 1830. The molecule has 1 spiro atoms. The smallest absolute Gasteiger partial charge is 0.0735 e. The Morgan fingerprint density at radius 1 is 0.514 bits per heavy atom. The third-order valence-corrected chi connectivity index (χ3v) is 9.47. The molecule has 1 heteroatoms. The molecule has 6 aromatic rings. The molecule has 0 aromatic heterocycles. The third-order valence-electron chi connectivity index (χ3n) is 8.26. The molecule has 0 N–H and O–H groups in total. The van der Waals surface area contributed by atoms with Crippen molar-refractivity contribution in [3.8, 4) is 22.3 Å². The number of hydrogen-bond donors (Lipinski definition) is 0. The summed E-state index contributed by atoms with van der Waals surface area (Å²) < 4.78 is 0. The van der Waals surface area contributed by atoms with Crippen molar-refractivity contribution >= 4 is 22.5 Å². The van der Waals surface area contributed by atoms with Gasteiger partial charge < -0.3 is 0 Å². The number of aryl methyl sites for hydroxylation is 1. The summed E-state index contributed by atoms with van der Waals surface area (Å²) in [6.07, 6.45) is 0. The van der Waals surface area contributed by atoms with Gasteiger partial charge in [0, 0.05) is 9.79 Å². The molecule has 6 aromatic carbocycles. The second-order valence-corrected chi connectivity index (χ2v) is 11.2. The average Bonchev–Trinajstić information content (AvgIpc) is 3.24. The minimum atomic E-state index is -0.330. The standard InChI is InChI=1S/C36H24S/c1-23-18-21-32-35(34(23)26-20-19-24-10-2-3-11-25(24)22-26)37-33-17-9-8-16-31(33)36(32)29-14-6-4-12-27(29)28-13-5-7-15-30(28)36/h2-22H,1H3. The monoisotopic (exact) mass is 488 g/mol. The van der Waals surface area contributed by atoms with Crippen LogP contribution in [0.2, 0.25) is 0 Å². The Morgan fingerprint density at radius 3 is 1.89 bits per heavy atom. The number of hydrogen-bond acceptors (Lipinski definition) is 1. The molecule has 0 unspecified atom stereocenters. The minimum absolute atomic E-state index is 0.330. The van der Waals surface area contributed by atoms with Gasteiger partial charge in [0.25, 0.3) is 0 Å². The molecule has 1 heterocycles. The minimum Gasteiger partial charge on any atom is -0.0887 e. The van der Waals surface area contributed by atoms with Gasteiger partial charge in [0.2, 0.25) is 0 Å². The number of benzene rings is 6. The average molecular weight is 489 g/mol.